The van der Waals surface area contributed by atoms with Gasteiger partial charge in [-0.15, -0.1) is 12.4 Å². The molecule has 0 amide bonds. The average molecular weight is 322 g/mol. The van der Waals surface area contributed by atoms with E-state index in [-0.39, 0.29) is 18.5 Å². The van der Waals surface area contributed by atoms with E-state index in [0.29, 0.717) is 12.0 Å². The summed E-state index contributed by atoms with van der Waals surface area (Å²) in [5.74, 6) is 1.94. The van der Waals surface area contributed by atoms with Crippen LogP contribution in [0.25, 0.3) is 11.0 Å². The fourth-order valence-electron chi connectivity index (χ4n) is 3.56. The largest absolute Gasteiger partial charge is 0.378 e. The Hall–Kier alpha value is -1.10. The molecule has 1 saturated carbocycles. The SMILES string of the molecule is COC1CNCCC1n1c(C2CC2)nc2cc(C)ccc21.Cl. The van der Waals surface area contributed by atoms with Gasteiger partial charge in [0.25, 0.3) is 0 Å². The van der Waals surface area contributed by atoms with E-state index in [0.717, 1.165) is 25.0 Å². The smallest absolute Gasteiger partial charge is 0.113 e. The van der Waals surface area contributed by atoms with Crippen LogP contribution in [0.4, 0.5) is 0 Å². The van der Waals surface area contributed by atoms with Gasteiger partial charge in [0.1, 0.15) is 5.82 Å². The standard InChI is InChI=1S/C17H23N3O.ClH/c1-11-3-6-14-13(9-11)19-17(12-4-5-12)20(14)15-7-8-18-10-16(15)21-2;/h3,6,9,12,15-16,18H,4-5,7-8,10H2,1-2H3;1H. The normalized spacial score (nSPS) is 25.2. The number of rotatable bonds is 3. The highest BCUT2D eigenvalue weighted by molar-refractivity contribution is 5.85. The van der Waals surface area contributed by atoms with Crippen LogP contribution in [0.15, 0.2) is 18.2 Å². The second kappa shape index (κ2) is 6.19. The lowest BCUT2D eigenvalue weighted by molar-refractivity contribution is 0.0395. The number of aryl methyl sites for hydroxylation is 1. The number of hydrogen-bond acceptors (Lipinski definition) is 3. The van der Waals surface area contributed by atoms with E-state index >= 15 is 0 Å². The average Bonchev–Trinajstić information content (AvgIpc) is 3.28. The molecule has 2 atom stereocenters. The summed E-state index contributed by atoms with van der Waals surface area (Å²) in [5.41, 5.74) is 3.70. The number of benzene rings is 1. The molecular formula is C17H24ClN3O. The first-order chi connectivity index (χ1) is 10.3. The maximum atomic E-state index is 5.74. The number of imidazole rings is 1. The summed E-state index contributed by atoms with van der Waals surface area (Å²) < 4.78 is 8.23. The van der Waals surface area contributed by atoms with Crippen molar-refractivity contribution in [3.05, 3.63) is 29.6 Å². The Bertz CT molecular complexity index is 665. The number of aromatic nitrogens is 2. The van der Waals surface area contributed by atoms with E-state index in [4.69, 9.17) is 9.72 Å². The third-order valence-corrected chi connectivity index (χ3v) is 4.84. The monoisotopic (exact) mass is 321 g/mol. The van der Waals surface area contributed by atoms with Crippen LogP contribution in [-0.4, -0.2) is 35.9 Å². The molecule has 2 aliphatic rings. The molecule has 5 heteroatoms. The van der Waals surface area contributed by atoms with Gasteiger partial charge in [-0.1, -0.05) is 6.07 Å². The summed E-state index contributed by atoms with van der Waals surface area (Å²) >= 11 is 0. The van der Waals surface area contributed by atoms with Gasteiger partial charge in [-0.2, -0.15) is 0 Å². The fourth-order valence-corrected chi connectivity index (χ4v) is 3.56. The van der Waals surface area contributed by atoms with E-state index in [9.17, 15) is 0 Å². The van der Waals surface area contributed by atoms with Crippen LogP contribution < -0.4 is 5.32 Å². The number of hydrogen-bond donors (Lipinski definition) is 1. The number of fused-ring (bicyclic) bond motifs is 1. The highest BCUT2D eigenvalue weighted by atomic mass is 35.5. The zero-order chi connectivity index (χ0) is 14.4. The molecule has 120 valence electrons. The van der Waals surface area contributed by atoms with Crippen LogP contribution in [-0.2, 0) is 4.74 Å². The third kappa shape index (κ3) is 2.64. The Balaban J connectivity index is 0.00000144. The second-order valence-corrected chi connectivity index (χ2v) is 6.44. The lowest BCUT2D eigenvalue weighted by atomic mass is 10.0. The molecule has 4 rings (SSSR count). The van der Waals surface area contributed by atoms with Crippen molar-refractivity contribution in [1.29, 1.82) is 0 Å². The van der Waals surface area contributed by atoms with Gasteiger partial charge in [0.05, 0.1) is 23.2 Å². The highest BCUT2D eigenvalue weighted by Gasteiger charge is 2.35. The van der Waals surface area contributed by atoms with Crippen molar-refractivity contribution in [3.63, 3.8) is 0 Å². The van der Waals surface area contributed by atoms with Crippen LogP contribution in [0, 0.1) is 6.92 Å². The lowest BCUT2D eigenvalue weighted by Gasteiger charge is -2.33. The zero-order valence-electron chi connectivity index (χ0n) is 13.2. The van der Waals surface area contributed by atoms with Gasteiger partial charge in [-0.25, -0.2) is 4.98 Å². The number of nitrogens with zero attached hydrogens (tertiary/aromatic N) is 2. The molecule has 0 radical (unpaired) electrons. The van der Waals surface area contributed by atoms with Crippen molar-refractivity contribution >= 4 is 23.4 Å². The first-order valence-electron chi connectivity index (χ1n) is 8.00. The quantitative estimate of drug-likeness (QED) is 0.943. The molecule has 1 aliphatic carbocycles. The summed E-state index contributed by atoms with van der Waals surface area (Å²) in [6.45, 7) is 4.12. The van der Waals surface area contributed by atoms with Gasteiger partial charge >= 0.3 is 0 Å². The number of ether oxygens (including phenoxy) is 1. The highest BCUT2D eigenvalue weighted by Crippen LogP contribution is 2.43. The van der Waals surface area contributed by atoms with Crippen molar-refractivity contribution < 1.29 is 4.74 Å². The molecule has 2 unspecified atom stereocenters. The van der Waals surface area contributed by atoms with Gasteiger partial charge in [-0.3, -0.25) is 0 Å². The molecule has 22 heavy (non-hydrogen) atoms. The van der Waals surface area contributed by atoms with Crippen LogP contribution in [0.1, 0.15) is 42.6 Å². The maximum absolute atomic E-state index is 5.74. The van der Waals surface area contributed by atoms with E-state index in [1.165, 1.54) is 29.7 Å². The van der Waals surface area contributed by atoms with Gasteiger partial charge in [0, 0.05) is 19.6 Å². The van der Waals surface area contributed by atoms with Crippen LogP contribution in [0.5, 0.6) is 0 Å². The summed E-state index contributed by atoms with van der Waals surface area (Å²) in [7, 11) is 1.82. The van der Waals surface area contributed by atoms with Crippen LogP contribution >= 0.6 is 12.4 Å². The molecule has 0 spiro atoms. The van der Waals surface area contributed by atoms with Crippen molar-refractivity contribution in [2.24, 2.45) is 0 Å². The Morgan fingerprint density at radius 1 is 1.27 bits per heavy atom. The molecule has 2 aromatic rings. The summed E-state index contributed by atoms with van der Waals surface area (Å²) in [6, 6.07) is 7.04. The maximum Gasteiger partial charge on any atom is 0.113 e. The molecule has 1 saturated heterocycles. The van der Waals surface area contributed by atoms with Crippen molar-refractivity contribution in [1.82, 2.24) is 14.9 Å². The Kier molecular flexibility index (Phi) is 4.44. The van der Waals surface area contributed by atoms with Crippen molar-refractivity contribution in [2.75, 3.05) is 20.2 Å². The van der Waals surface area contributed by atoms with Crippen molar-refractivity contribution in [3.8, 4) is 0 Å². The second-order valence-electron chi connectivity index (χ2n) is 6.44. The molecule has 0 bridgehead atoms. The first kappa shape index (κ1) is 15.8. The summed E-state index contributed by atoms with van der Waals surface area (Å²) in [4.78, 5) is 4.97. The fraction of sp³-hybridized carbons (Fsp3) is 0.588. The van der Waals surface area contributed by atoms with Gasteiger partial charge < -0.3 is 14.6 Å². The number of methoxy groups -OCH3 is 1. The van der Waals surface area contributed by atoms with E-state index in [2.05, 4.69) is 35.0 Å². The molecule has 4 nitrogen and oxygen atoms in total. The Labute approximate surface area is 137 Å². The number of halogens is 1. The number of nitrogens with one attached hydrogen (secondary N) is 1. The zero-order valence-corrected chi connectivity index (χ0v) is 14.0. The summed E-state index contributed by atoms with van der Waals surface area (Å²) in [5, 5.41) is 3.44. The molecule has 2 fully saturated rings. The summed E-state index contributed by atoms with van der Waals surface area (Å²) in [6.07, 6.45) is 3.91. The molecule has 2 heterocycles. The van der Waals surface area contributed by atoms with Gasteiger partial charge in [0.2, 0.25) is 0 Å². The lowest BCUT2D eigenvalue weighted by Crippen LogP contribution is -2.43. The minimum Gasteiger partial charge on any atom is -0.378 e. The number of piperidine rings is 1. The van der Waals surface area contributed by atoms with E-state index < -0.39 is 0 Å². The predicted molar refractivity (Wildman–Crippen MR) is 91.0 cm³/mol. The van der Waals surface area contributed by atoms with Crippen LogP contribution in [0.3, 0.4) is 0 Å². The van der Waals surface area contributed by atoms with Crippen LogP contribution in [0.2, 0.25) is 0 Å². The molecule has 1 aromatic carbocycles. The molecule has 1 N–H and O–H groups in total. The van der Waals surface area contributed by atoms with E-state index in [1.54, 1.807) is 0 Å². The first-order valence-corrected chi connectivity index (χ1v) is 8.00. The minimum atomic E-state index is 0. The minimum absolute atomic E-state index is 0. The Morgan fingerprint density at radius 3 is 2.82 bits per heavy atom. The Morgan fingerprint density at radius 2 is 2.09 bits per heavy atom. The molecule has 1 aromatic heterocycles. The predicted octanol–water partition coefficient (Wildman–Crippen LogP) is 3.19. The molecule has 1 aliphatic heterocycles. The molecular weight excluding hydrogens is 298 g/mol. The van der Waals surface area contributed by atoms with Gasteiger partial charge in [-0.05, 0) is 50.4 Å². The van der Waals surface area contributed by atoms with E-state index in [1.807, 2.05) is 7.11 Å². The topological polar surface area (TPSA) is 39.1 Å². The van der Waals surface area contributed by atoms with Crippen molar-refractivity contribution in [2.45, 2.75) is 44.2 Å². The third-order valence-electron chi connectivity index (χ3n) is 4.84. The van der Waals surface area contributed by atoms with Gasteiger partial charge in [0.15, 0.2) is 0 Å².